The van der Waals surface area contributed by atoms with Crippen LogP contribution < -0.4 is 4.74 Å². The third-order valence-corrected chi connectivity index (χ3v) is 3.20. The summed E-state index contributed by atoms with van der Waals surface area (Å²) in [7, 11) is 1.48. The van der Waals surface area contributed by atoms with Gasteiger partial charge in [-0.2, -0.15) is 0 Å². The summed E-state index contributed by atoms with van der Waals surface area (Å²) in [6.07, 6.45) is 0. The summed E-state index contributed by atoms with van der Waals surface area (Å²) in [5, 5.41) is 0. The SMILES string of the molecule is COc1ccc(Sc2cccc(F)c2)c(F)c1. The molecule has 88 valence electrons. The second kappa shape index (κ2) is 5.19. The average molecular weight is 252 g/mol. The Labute approximate surface area is 102 Å². The van der Waals surface area contributed by atoms with Crippen LogP contribution >= 0.6 is 11.8 Å². The fraction of sp³-hybridized carbons (Fsp3) is 0.0769. The highest BCUT2D eigenvalue weighted by molar-refractivity contribution is 7.99. The lowest BCUT2D eigenvalue weighted by molar-refractivity contribution is 0.410. The number of benzene rings is 2. The van der Waals surface area contributed by atoms with Crippen molar-refractivity contribution in [1.29, 1.82) is 0 Å². The molecular weight excluding hydrogens is 242 g/mol. The van der Waals surface area contributed by atoms with Crippen LogP contribution in [0.5, 0.6) is 5.75 Å². The topological polar surface area (TPSA) is 9.23 Å². The summed E-state index contributed by atoms with van der Waals surface area (Å²) in [5.41, 5.74) is 0. The van der Waals surface area contributed by atoms with Gasteiger partial charge in [0.1, 0.15) is 17.4 Å². The van der Waals surface area contributed by atoms with Gasteiger partial charge in [-0.25, -0.2) is 8.78 Å². The molecule has 0 fully saturated rings. The number of rotatable bonds is 3. The van der Waals surface area contributed by atoms with Crippen LogP contribution in [0.4, 0.5) is 8.78 Å². The lowest BCUT2D eigenvalue weighted by Crippen LogP contribution is -1.86. The minimum Gasteiger partial charge on any atom is -0.497 e. The maximum absolute atomic E-state index is 13.6. The average Bonchev–Trinajstić information content (AvgIpc) is 2.32. The first-order valence-electron chi connectivity index (χ1n) is 4.96. The second-order valence-corrected chi connectivity index (χ2v) is 4.47. The van der Waals surface area contributed by atoms with E-state index < -0.39 is 0 Å². The lowest BCUT2D eigenvalue weighted by atomic mass is 10.3. The summed E-state index contributed by atoms with van der Waals surface area (Å²) < 4.78 is 31.5. The van der Waals surface area contributed by atoms with Gasteiger partial charge in [0.05, 0.1) is 7.11 Å². The molecule has 0 amide bonds. The molecule has 0 N–H and O–H groups in total. The number of ether oxygens (including phenoxy) is 1. The van der Waals surface area contributed by atoms with Crippen LogP contribution in [-0.2, 0) is 0 Å². The molecule has 0 radical (unpaired) electrons. The molecule has 0 bridgehead atoms. The molecule has 17 heavy (non-hydrogen) atoms. The van der Waals surface area contributed by atoms with E-state index in [2.05, 4.69) is 0 Å². The first-order valence-corrected chi connectivity index (χ1v) is 5.77. The Bertz CT molecular complexity index is 529. The fourth-order valence-corrected chi connectivity index (χ4v) is 2.21. The smallest absolute Gasteiger partial charge is 0.140 e. The predicted molar refractivity (Wildman–Crippen MR) is 63.5 cm³/mol. The highest BCUT2D eigenvalue weighted by atomic mass is 32.2. The van der Waals surface area contributed by atoms with Crippen molar-refractivity contribution in [2.45, 2.75) is 9.79 Å². The van der Waals surface area contributed by atoms with Crippen LogP contribution in [-0.4, -0.2) is 7.11 Å². The van der Waals surface area contributed by atoms with Crippen LogP contribution in [0.3, 0.4) is 0 Å². The van der Waals surface area contributed by atoms with E-state index in [1.54, 1.807) is 24.3 Å². The number of methoxy groups -OCH3 is 1. The molecule has 0 saturated carbocycles. The normalized spacial score (nSPS) is 10.3. The summed E-state index contributed by atoms with van der Waals surface area (Å²) in [5.74, 6) is -0.242. The number of hydrogen-bond acceptors (Lipinski definition) is 2. The quantitative estimate of drug-likeness (QED) is 0.812. The van der Waals surface area contributed by atoms with Crippen molar-refractivity contribution in [2.24, 2.45) is 0 Å². The molecule has 2 aromatic carbocycles. The Balaban J connectivity index is 2.24. The Morgan fingerprint density at radius 2 is 1.88 bits per heavy atom. The molecule has 0 aliphatic carbocycles. The van der Waals surface area contributed by atoms with Crippen LogP contribution in [0.1, 0.15) is 0 Å². The molecule has 1 nitrogen and oxygen atoms in total. The van der Waals surface area contributed by atoms with E-state index in [1.807, 2.05) is 0 Å². The van der Waals surface area contributed by atoms with Gasteiger partial charge < -0.3 is 4.74 Å². The second-order valence-electron chi connectivity index (χ2n) is 3.36. The Hall–Kier alpha value is -1.55. The van der Waals surface area contributed by atoms with Gasteiger partial charge in [0.2, 0.25) is 0 Å². The van der Waals surface area contributed by atoms with E-state index >= 15 is 0 Å². The van der Waals surface area contributed by atoms with E-state index in [1.165, 1.54) is 37.1 Å². The largest absolute Gasteiger partial charge is 0.497 e. The molecule has 0 spiro atoms. The molecule has 2 aromatic rings. The fourth-order valence-electron chi connectivity index (χ4n) is 1.35. The standard InChI is InChI=1S/C13H10F2OS/c1-16-10-5-6-13(12(15)8-10)17-11-4-2-3-9(14)7-11/h2-8H,1H3. The van der Waals surface area contributed by atoms with Gasteiger partial charge in [0.25, 0.3) is 0 Å². The third kappa shape index (κ3) is 2.97. The molecule has 0 saturated heterocycles. The number of hydrogen-bond donors (Lipinski definition) is 0. The molecular formula is C13H10F2OS. The van der Waals surface area contributed by atoms with Crippen LogP contribution in [0.15, 0.2) is 52.3 Å². The highest BCUT2D eigenvalue weighted by Gasteiger charge is 2.06. The first-order chi connectivity index (χ1) is 8.19. The molecule has 0 aromatic heterocycles. The molecule has 2 rings (SSSR count). The van der Waals surface area contributed by atoms with Crippen molar-refractivity contribution in [3.05, 3.63) is 54.1 Å². The van der Waals surface area contributed by atoms with Crippen molar-refractivity contribution in [3.8, 4) is 5.75 Å². The number of halogens is 2. The Morgan fingerprint density at radius 1 is 1.06 bits per heavy atom. The maximum Gasteiger partial charge on any atom is 0.140 e. The van der Waals surface area contributed by atoms with E-state index in [4.69, 9.17) is 4.74 Å². The van der Waals surface area contributed by atoms with Gasteiger partial charge in [-0.1, -0.05) is 17.8 Å². The van der Waals surface area contributed by atoms with Crippen molar-refractivity contribution in [1.82, 2.24) is 0 Å². The molecule has 0 aliphatic rings. The van der Waals surface area contributed by atoms with Crippen LogP contribution in [0.2, 0.25) is 0 Å². The van der Waals surface area contributed by atoms with E-state index in [9.17, 15) is 8.78 Å². The van der Waals surface area contributed by atoms with Gasteiger partial charge in [0, 0.05) is 15.9 Å². The molecule has 0 heterocycles. The van der Waals surface area contributed by atoms with E-state index in [0.717, 1.165) is 0 Å². The van der Waals surface area contributed by atoms with Crippen molar-refractivity contribution < 1.29 is 13.5 Å². The zero-order chi connectivity index (χ0) is 12.3. The lowest BCUT2D eigenvalue weighted by Gasteiger charge is -2.05. The van der Waals surface area contributed by atoms with Crippen LogP contribution in [0.25, 0.3) is 0 Å². The zero-order valence-corrected chi connectivity index (χ0v) is 9.93. The first kappa shape index (κ1) is 11.9. The Kier molecular flexibility index (Phi) is 3.64. The van der Waals surface area contributed by atoms with Crippen LogP contribution in [0, 0.1) is 11.6 Å². The van der Waals surface area contributed by atoms with Gasteiger partial charge in [0.15, 0.2) is 0 Å². The van der Waals surface area contributed by atoms with Gasteiger partial charge in [-0.15, -0.1) is 0 Å². The zero-order valence-electron chi connectivity index (χ0n) is 9.11. The van der Waals surface area contributed by atoms with Crippen molar-refractivity contribution in [2.75, 3.05) is 7.11 Å². The third-order valence-electron chi connectivity index (χ3n) is 2.16. The highest BCUT2D eigenvalue weighted by Crippen LogP contribution is 2.31. The Morgan fingerprint density at radius 3 is 2.53 bits per heavy atom. The van der Waals surface area contributed by atoms with E-state index in [-0.39, 0.29) is 11.6 Å². The molecule has 0 unspecified atom stereocenters. The summed E-state index contributed by atoms with van der Waals surface area (Å²) in [4.78, 5) is 1.10. The van der Waals surface area contributed by atoms with Gasteiger partial charge >= 0.3 is 0 Å². The molecule has 0 atom stereocenters. The molecule has 4 heteroatoms. The molecule has 0 aliphatic heterocycles. The monoisotopic (exact) mass is 252 g/mol. The maximum atomic E-state index is 13.6. The van der Waals surface area contributed by atoms with E-state index in [0.29, 0.717) is 15.5 Å². The minimum absolute atomic E-state index is 0.330. The van der Waals surface area contributed by atoms with Gasteiger partial charge in [-0.05, 0) is 30.3 Å². The van der Waals surface area contributed by atoms with Crippen molar-refractivity contribution in [3.63, 3.8) is 0 Å². The predicted octanol–water partition coefficient (Wildman–Crippen LogP) is 4.12. The van der Waals surface area contributed by atoms with Crippen molar-refractivity contribution >= 4 is 11.8 Å². The summed E-state index contributed by atoms with van der Waals surface area (Å²) in [6, 6.07) is 10.6. The minimum atomic E-state index is -0.376. The summed E-state index contributed by atoms with van der Waals surface area (Å²) >= 11 is 1.18. The van der Waals surface area contributed by atoms with Gasteiger partial charge in [-0.3, -0.25) is 0 Å². The summed E-state index contributed by atoms with van der Waals surface area (Å²) in [6.45, 7) is 0.